The molecule has 8 heavy (non-hydrogen) atoms. The molecule has 0 atom stereocenters. The lowest BCUT2D eigenvalue weighted by atomic mass is 10.4. The standard InChI is InChI=1S/C6H7ClS/c7-4-3-6-2-1-5-8-6/h1-2,5H,3-4H2. The predicted molar refractivity (Wildman–Crippen MR) is 38.7 cm³/mol. The van der Waals surface area contributed by atoms with E-state index in [0.29, 0.717) is 0 Å². The minimum absolute atomic E-state index is 0.737. The first-order valence-corrected chi connectivity index (χ1v) is 3.93. The van der Waals surface area contributed by atoms with Gasteiger partial charge in [0, 0.05) is 10.8 Å². The highest BCUT2D eigenvalue weighted by Gasteiger charge is 1.88. The quantitative estimate of drug-likeness (QED) is 0.563. The smallest absolute Gasteiger partial charge is 0.0271 e. The Hall–Kier alpha value is -0.0100. The highest BCUT2D eigenvalue weighted by Crippen LogP contribution is 2.08. The summed E-state index contributed by atoms with van der Waals surface area (Å²) in [5.74, 6) is 0.737. The zero-order valence-corrected chi connectivity index (χ0v) is 6.00. The van der Waals surface area contributed by atoms with Gasteiger partial charge in [0.05, 0.1) is 0 Å². The first kappa shape index (κ1) is 6.12. The monoisotopic (exact) mass is 146 g/mol. The fourth-order valence-electron chi connectivity index (χ4n) is 0.548. The molecule has 0 fully saturated rings. The molecule has 0 N–H and O–H groups in total. The molecule has 0 unspecified atom stereocenters. The third-order valence-electron chi connectivity index (χ3n) is 0.921. The molecule has 0 aliphatic rings. The van der Waals surface area contributed by atoms with Crippen LogP contribution in [-0.2, 0) is 6.42 Å². The van der Waals surface area contributed by atoms with Crippen LogP contribution < -0.4 is 0 Å². The van der Waals surface area contributed by atoms with Gasteiger partial charge in [-0.2, -0.15) is 0 Å². The topological polar surface area (TPSA) is 0 Å². The maximum absolute atomic E-state index is 5.50. The number of hydrogen-bond acceptors (Lipinski definition) is 1. The minimum atomic E-state index is 0.737. The first-order valence-electron chi connectivity index (χ1n) is 2.52. The highest BCUT2D eigenvalue weighted by atomic mass is 35.5. The maximum Gasteiger partial charge on any atom is 0.0271 e. The van der Waals surface area contributed by atoms with Crippen LogP contribution in [-0.4, -0.2) is 5.88 Å². The summed E-state index contributed by atoms with van der Waals surface area (Å²) in [7, 11) is 0. The Labute approximate surface area is 58.1 Å². The number of rotatable bonds is 2. The second-order valence-electron chi connectivity index (χ2n) is 1.52. The van der Waals surface area contributed by atoms with Crippen LogP contribution in [0.15, 0.2) is 17.5 Å². The van der Waals surface area contributed by atoms with Gasteiger partial charge in [-0.3, -0.25) is 0 Å². The summed E-state index contributed by atoms with van der Waals surface area (Å²) in [4.78, 5) is 1.38. The average Bonchev–Trinajstić information content (AvgIpc) is 2.19. The molecule has 0 amide bonds. The van der Waals surface area contributed by atoms with Crippen molar-refractivity contribution in [3.05, 3.63) is 22.4 Å². The van der Waals surface area contributed by atoms with E-state index in [1.54, 1.807) is 11.3 Å². The van der Waals surface area contributed by atoms with Gasteiger partial charge in [0.2, 0.25) is 0 Å². The summed E-state index contributed by atoms with van der Waals surface area (Å²) in [5.41, 5.74) is 0. The molecule has 0 saturated carbocycles. The second-order valence-corrected chi connectivity index (χ2v) is 2.93. The van der Waals surface area contributed by atoms with Crippen LogP contribution >= 0.6 is 22.9 Å². The van der Waals surface area contributed by atoms with Gasteiger partial charge in [-0.05, 0) is 17.9 Å². The lowest BCUT2D eigenvalue weighted by Gasteiger charge is -1.84. The summed E-state index contributed by atoms with van der Waals surface area (Å²) in [6, 6.07) is 4.15. The second kappa shape index (κ2) is 3.10. The number of hydrogen-bond donors (Lipinski definition) is 0. The van der Waals surface area contributed by atoms with E-state index in [1.807, 2.05) is 6.07 Å². The van der Waals surface area contributed by atoms with E-state index in [0.717, 1.165) is 12.3 Å². The molecule has 1 rings (SSSR count). The van der Waals surface area contributed by atoms with Gasteiger partial charge in [-0.15, -0.1) is 22.9 Å². The summed E-state index contributed by atoms with van der Waals surface area (Å²) >= 11 is 7.26. The predicted octanol–water partition coefficient (Wildman–Crippen LogP) is 2.53. The van der Waals surface area contributed by atoms with Crippen molar-refractivity contribution in [2.75, 3.05) is 5.88 Å². The van der Waals surface area contributed by atoms with Crippen molar-refractivity contribution in [1.29, 1.82) is 0 Å². The molecule has 2 heteroatoms. The number of halogens is 1. The summed E-state index contributed by atoms with van der Waals surface area (Å²) in [6.45, 7) is 0. The molecule has 1 aromatic heterocycles. The van der Waals surface area contributed by atoms with Crippen LogP contribution in [0, 0.1) is 0 Å². The number of thiophene rings is 1. The molecule has 0 saturated heterocycles. The maximum atomic E-state index is 5.50. The lowest BCUT2D eigenvalue weighted by molar-refractivity contribution is 1.20. The van der Waals surface area contributed by atoms with E-state index in [-0.39, 0.29) is 0 Å². The number of alkyl halides is 1. The van der Waals surface area contributed by atoms with Crippen molar-refractivity contribution in [3.63, 3.8) is 0 Å². The van der Waals surface area contributed by atoms with Crippen LogP contribution in [0.5, 0.6) is 0 Å². The van der Waals surface area contributed by atoms with Crippen LogP contribution in [0.4, 0.5) is 0 Å². The van der Waals surface area contributed by atoms with Crippen molar-refractivity contribution in [2.24, 2.45) is 0 Å². The van der Waals surface area contributed by atoms with Gasteiger partial charge in [0.25, 0.3) is 0 Å². The van der Waals surface area contributed by atoms with E-state index in [4.69, 9.17) is 11.6 Å². The van der Waals surface area contributed by atoms with Crippen molar-refractivity contribution < 1.29 is 0 Å². The fraction of sp³-hybridized carbons (Fsp3) is 0.333. The molecule has 0 aliphatic heterocycles. The summed E-state index contributed by atoms with van der Waals surface area (Å²) in [6.07, 6.45) is 1.01. The molecule has 0 bridgehead atoms. The molecule has 0 aromatic carbocycles. The molecule has 0 spiro atoms. The van der Waals surface area contributed by atoms with Crippen molar-refractivity contribution in [3.8, 4) is 0 Å². The van der Waals surface area contributed by atoms with E-state index >= 15 is 0 Å². The third kappa shape index (κ3) is 1.49. The number of aryl methyl sites for hydroxylation is 1. The summed E-state index contributed by atoms with van der Waals surface area (Å²) in [5, 5.41) is 2.07. The molecule has 44 valence electrons. The van der Waals surface area contributed by atoms with Crippen molar-refractivity contribution in [1.82, 2.24) is 0 Å². The first-order chi connectivity index (χ1) is 3.93. The van der Waals surface area contributed by atoms with Crippen LogP contribution in [0.2, 0.25) is 0 Å². The Morgan fingerprint density at radius 1 is 1.62 bits per heavy atom. The van der Waals surface area contributed by atoms with Gasteiger partial charge < -0.3 is 0 Å². The molecular weight excluding hydrogens is 140 g/mol. The molecule has 0 nitrogen and oxygen atoms in total. The van der Waals surface area contributed by atoms with E-state index in [2.05, 4.69) is 11.4 Å². The minimum Gasteiger partial charge on any atom is -0.149 e. The molecule has 0 radical (unpaired) electrons. The van der Waals surface area contributed by atoms with Gasteiger partial charge >= 0.3 is 0 Å². The van der Waals surface area contributed by atoms with Crippen molar-refractivity contribution >= 4 is 22.9 Å². The zero-order valence-electron chi connectivity index (χ0n) is 4.43. The Morgan fingerprint density at radius 3 is 3.00 bits per heavy atom. The summed E-state index contributed by atoms with van der Waals surface area (Å²) < 4.78 is 0. The van der Waals surface area contributed by atoms with Crippen molar-refractivity contribution in [2.45, 2.75) is 6.42 Å². The Bertz CT molecular complexity index is 134. The fourth-order valence-corrected chi connectivity index (χ4v) is 1.57. The normalized spacial score (nSPS) is 9.62. The molecule has 0 aliphatic carbocycles. The SMILES string of the molecule is ClCCc1cccs1. The Morgan fingerprint density at radius 2 is 2.50 bits per heavy atom. The molecular formula is C6H7ClS. The lowest BCUT2D eigenvalue weighted by Crippen LogP contribution is -1.76. The Kier molecular flexibility index (Phi) is 2.37. The largest absolute Gasteiger partial charge is 0.149 e. The van der Waals surface area contributed by atoms with Gasteiger partial charge in [-0.1, -0.05) is 6.07 Å². The van der Waals surface area contributed by atoms with E-state index < -0.39 is 0 Å². The van der Waals surface area contributed by atoms with Gasteiger partial charge in [0.1, 0.15) is 0 Å². The zero-order chi connectivity index (χ0) is 5.82. The van der Waals surface area contributed by atoms with Gasteiger partial charge in [0.15, 0.2) is 0 Å². The van der Waals surface area contributed by atoms with E-state index in [9.17, 15) is 0 Å². The average molecular weight is 147 g/mol. The van der Waals surface area contributed by atoms with Gasteiger partial charge in [-0.25, -0.2) is 0 Å². The van der Waals surface area contributed by atoms with Crippen LogP contribution in [0.3, 0.4) is 0 Å². The molecule has 1 heterocycles. The highest BCUT2D eigenvalue weighted by molar-refractivity contribution is 7.09. The third-order valence-corrected chi connectivity index (χ3v) is 2.05. The van der Waals surface area contributed by atoms with Crippen LogP contribution in [0.1, 0.15) is 4.88 Å². The van der Waals surface area contributed by atoms with Crippen LogP contribution in [0.25, 0.3) is 0 Å². The molecule has 1 aromatic rings. The Balaban J connectivity index is 2.50. The van der Waals surface area contributed by atoms with E-state index in [1.165, 1.54) is 4.88 Å².